The van der Waals surface area contributed by atoms with Crippen molar-refractivity contribution in [3.63, 3.8) is 0 Å². The van der Waals surface area contributed by atoms with Crippen LogP contribution in [0.15, 0.2) is 54.9 Å². The van der Waals surface area contributed by atoms with Gasteiger partial charge >= 0.3 is 0 Å². The van der Waals surface area contributed by atoms with Crippen LogP contribution in [-0.2, 0) is 16.0 Å². The number of aromatic nitrogens is 1. The molecule has 1 heterocycles. The fourth-order valence-electron chi connectivity index (χ4n) is 2.16. The Morgan fingerprint density at radius 3 is 1.95 bits per heavy atom. The first kappa shape index (κ1) is 16.4. The number of benzene rings is 1. The summed E-state index contributed by atoms with van der Waals surface area (Å²) in [4.78, 5) is 0. The predicted molar refractivity (Wildman–Crippen MR) is 89.0 cm³/mol. The lowest BCUT2D eigenvalue weighted by molar-refractivity contribution is -0.711. The largest absolute Gasteiger partial charge is 0.347 e. The van der Waals surface area contributed by atoms with Crippen LogP contribution in [0.4, 0.5) is 0 Å². The Bertz CT molecular complexity index is 558. The van der Waals surface area contributed by atoms with E-state index in [1.165, 1.54) is 11.1 Å². The van der Waals surface area contributed by atoms with E-state index in [4.69, 9.17) is 9.47 Å². The van der Waals surface area contributed by atoms with Gasteiger partial charge in [-0.2, -0.15) is 4.57 Å². The third kappa shape index (κ3) is 5.43. The second kappa shape index (κ2) is 9.13. The molecule has 0 N–H and O–H groups in total. The summed E-state index contributed by atoms with van der Waals surface area (Å²) in [5.74, 6) is 0. The van der Waals surface area contributed by atoms with E-state index in [-0.39, 0.29) is 6.29 Å². The maximum atomic E-state index is 5.56. The lowest BCUT2D eigenvalue weighted by Crippen LogP contribution is -2.41. The molecule has 2 aromatic rings. The smallest absolute Gasteiger partial charge is 0.217 e. The molecule has 0 amide bonds. The van der Waals surface area contributed by atoms with Crippen molar-refractivity contribution in [1.29, 1.82) is 0 Å². The van der Waals surface area contributed by atoms with Gasteiger partial charge in [-0.3, -0.25) is 0 Å². The summed E-state index contributed by atoms with van der Waals surface area (Å²) >= 11 is 0. The summed E-state index contributed by atoms with van der Waals surface area (Å²) < 4.78 is 13.2. The molecule has 0 aliphatic rings. The van der Waals surface area contributed by atoms with Gasteiger partial charge in [0.1, 0.15) is 0 Å². The van der Waals surface area contributed by atoms with Gasteiger partial charge in [-0.15, -0.1) is 0 Å². The van der Waals surface area contributed by atoms with Crippen molar-refractivity contribution < 1.29 is 14.0 Å². The molecule has 0 saturated heterocycles. The fourth-order valence-corrected chi connectivity index (χ4v) is 2.16. The van der Waals surface area contributed by atoms with Gasteiger partial charge in [0, 0.05) is 25.3 Å². The molecular formula is C19H24NO2+. The standard InChI is InChI=1S/C19H24NO2/c1-3-21-19(22-4-2)16-20-14-12-18(13-15-20)11-10-17-8-6-5-7-9-17/h5-15,19H,3-4,16H2,1-2H3/q+1. The monoisotopic (exact) mass is 298 g/mol. The summed E-state index contributed by atoms with van der Waals surface area (Å²) in [6, 6.07) is 14.5. The lowest BCUT2D eigenvalue weighted by atomic mass is 10.1. The molecule has 0 fully saturated rings. The third-order valence-electron chi connectivity index (χ3n) is 3.25. The van der Waals surface area contributed by atoms with E-state index in [1.807, 2.05) is 32.0 Å². The van der Waals surface area contributed by atoms with Crippen molar-refractivity contribution in [3.8, 4) is 0 Å². The van der Waals surface area contributed by atoms with Crippen LogP contribution in [0.1, 0.15) is 25.0 Å². The van der Waals surface area contributed by atoms with Gasteiger partial charge in [0.15, 0.2) is 18.9 Å². The van der Waals surface area contributed by atoms with E-state index in [0.717, 1.165) is 0 Å². The van der Waals surface area contributed by atoms with E-state index < -0.39 is 0 Å². The van der Waals surface area contributed by atoms with Crippen molar-refractivity contribution in [2.45, 2.75) is 26.7 Å². The Labute approximate surface area is 132 Å². The average molecular weight is 298 g/mol. The molecule has 0 saturated carbocycles. The first-order valence-corrected chi connectivity index (χ1v) is 7.77. The Hall–Kier alpha value is -1.97. The molecular weight excluding hydrogens is 274 g/mol. The van der Waals surface area contributed by atoms with Crippen molar-refractivity contribution >= 4 is 12.2 Å². The molecule has 0 aliphatic heterocycles. The Morgan fingerprint density at radius 2 is 1.41 bits per heavy atom. The van der Waals surface area contributed by atoms with Crippen molar-refractivity contribution in [3.05, 3.63) is 66.0 Å². The summed E-state index contributed by atoms with van der Waals surface area (Å²) in [6.07, 6.45) is 8.14. The van der Waals surface area contributed by atoms with E-state index in [2.05, 4.69) is 53.4 Å². The summed E-state index contributed by atoms with van der Waals surface area (Å²) in [7, 11) is 0. The molecule has 0 aliphatic carbocycles. The van der Waals surface area contributed by atoms with Crippen LogP contribution in [0.25, 0.3) is 12.2 Å². The van der Waals surface area contributed by atoms with E-state index in [1.54, 1.807) is 0 Å². The summed E-state index contributed by atoms with van der Waals surface area (Å²) in [5.41, 5.74) is 2.37. The molecule has 22 heavy (non-hydrogen) atoms. The minimum atomic E-state index is -0.189. The van der Waals surface area contributed by atoms with E-state index in [0.29, 0.717) is 19.8 Å². The Morgan fingerprint density at radius 1 is 0.864 bits per heavy atom. The van der Waals surface area contributed by atoms with Crippen LogP contribution in [0.3, 0.4) is 0 Å². The minimum absolute atomic E-state index is 0.189. The van der Waals surface area contributed by atoms with Crippen LogP contribution in [0.5, 0.6) is 0 Å². The minimum Gasteiger partial charge on any atom is -0.347 e. The number of nitrogens with zero attached hydrogens (tertiary/aromatic N) is 1. The number of rotatable bonds is 8. The van der Waals surface area contributed by atoms with Gasteiger partial charge in [0.2, 0.25) is 6.29 Å². The molecule has 3 nitrogen and oxygen atoms in total. The summed E-state index contributed by atoms with van der Waals surface area (Å²) in [5, 5.41) is 0. The Kier molecular flexibility index (Phi) is 6.81. The van der Waals surface area contributed by atoms with Gasteiger partial charge in [0.05, 0.1) is 0 Å². The first-order valence-electron chi connectivity index (χ1n) is 7.77. The van der Waals surface area contributed by atoms with Crippen molar-refractivity contribution in [2.24, 2.45) is 0 Å². The second-order valence-electron chi connectivity index (χ2n) is 4.91. The number of pyridine rings is 1. The van der Waals surface area contributed by atoms with Crippen molar-refractivity contribution in [2.75, 3.05) is 13.2 Å². The zero-order valence-corrected chi connectivity index (χ0v) is 13.3. The maximum Gasteiger partial charge on any atom is 0.217 e. The Balaban J connectivity index is 1.96. The first-order chi connectivity index (χ1) is 10.8. The molecule has 2 rings (SSSR count). The van der Waals surface area contributed by atoms with Gasteiger partial charge in [-0.05, 0) is 25.0 Å². The zero-order valence-electron chi connectivity index (χ0n) is 13.3. The number of hydrogen-bond acceptors (Lipinski definition) is 2. The normalized spacial score (nSPS) is 11.4. The highest BCUT2D eigenvalue weighted by Crippen LogP contribution is 2.06. The average Bonchev–Trinajstić information content (AvgIpc) is 2.56. The molecule has 3 heteroatoms. The van der Waals surface area contributed by atoms with Gasteiger partial charge < -0.3 is 9.47 Å². The molecule has 0 atom stereocenters. The predicted octanol–water partition coefficient (Wildman–Crippen LogP) is 3.54. The van der Waals surface area contributed by atoms with Crippen LogP contribution in [0, 0.1) is 0 Å². The van der Waals surface area contributed by atoms with Crippen LogP contribution in [-0.4, -0.2) is 19.5 Å². The molecule has 0 spiro atoms. The second-order valence-corrected chi connectivity index (χ2v) is 4.91. The molecule has 116 valence electrons. The van der Waals surface area contributed by atoms with Crippen LogP contribution in [0.2, 0.25) is 0 Å². The highest BCUT2D eigenvalue weighted by Gasteiger charge is 2.13. The molecule has 1 aromatic heterocycles. The SMILES string of the molecule is CCOC(C[n+]1ccc(C=Cc2ccccc2)cc1)OCC. The highest BCUT2D eigenvalue weighted by atomic mass is 16.7. The van der Waals surface area contributed by atoms with Crippen molar-refractivity contribution in [1.82, 2.24) is 0 Å². The molecule has 0 radical (unpaired) electrons. The maximum absolute atomic E-state index is 5.56. The third-order valence-corrected chi connectivity index (χ3v) is 3.25. The van der Waals surface area contributed by atoms with Crippen LogP contribution < -0.4 is 4.57 Å². The quantitative estimate of drug-likeness (QED) is 0.549. The fraction of sp³-hybridized carbons (Fsp3) is 0.316. The van der Waals surface area contributed by atoms with Gasteiger partial charge in [-0.1, -0.05) is 42.5 Å². The zero-order chi connectivity index (χ0) is 15.6. The van der Waals surface area contributed by atoms with E-state index >= 15 is 0 Å². The van der Waals surface area contributed by atoms with Crippen LogP contribution >= 0.6 is 0 Å². The van der Waals surface area contributed by atoms with E-state index in [9.17, 15) is 0 Å². The summed E-state index contributed by atoms with van der Waals surface area (Å²) in [6.45, 7) is 5.97. The van der Waals surface area contributed by atoms with Gasteiger partial charge in [0.25, 0.3) is 0 Å². The molecule has 1 aromatic carbocycles. The van der Waals surface area contributed by atoms with Gasteiger partial charge in [-0.25, -0.2) is 0 Å². The lowest BCUT2D eigenvalue weighted by Gasteiger charge is -2.13. The molecule has 0 unspecified atom stereocenters. The molecule has 0 bridgehead atoms. The number of hydrogen-bond donors (Lipinski definition) is 0. The highest BCUT2D eigenvalue weighted by molar-refractivity contribution is 5.68. The topological polar surface area (TPSA) is 22.3 Å². The number of ether oxygens (including phenoxy) is 2.